The number of nitrogens with one attached hydrogen (secondary N) is 3. The molecular formula is C13H19N3O2. The first-order chi connectivity index (χ1) is 8.72. The monoisotopic (exact) mass is 249 g/mol. The van der Waals surface area contributed by atoms with Gasteiger partial charge in [-0.05, 0) is 12.5 Å². The predicted octanol–water partition coefficient (Wildman–Crippen LogP) is -0.0513. The summed E-state index contributed by atoms with van der Waals surface area (Å²) in [4.78, 5) is 12.1. The van der Waals surface area contributed by atoms with E-state index in [1.54, 1.807) is 6.92 Å². The molecular weight excluding hydrogens is 230 g/mol. The maximum absolute atomic E-state index is 12.1. The van der Waals surface area contributed by atoms with Crippen molar-refractivity contribution in [2.75, 3.05) is 13.2 Å². The van der Waals surface area contributed by atoms with Gasteiger partial charge in [0.2, 0.25) is 5.91 Å². The molecule has 2 unspecified atom stereocenters. The Labute approximate surface area is 107 Å². The normalized spacial score (nSPS) is 24.8. The highest BCUT2D eigenvalue weighted by Crippen LogP contribution is 2.24. The molecule has 1 aromatic rings. The van der Waals surface area contributed by atoms with Crippen LogP contribution in [0.15, 0.2) is 30.3 Å². The van der Waals surface area contributed by atoms with Crippen molar-refractivity contribution in [1.29, 1.82) is 0 Å². The first kappa shape index (κ1) is 13.0. The molecule has 98 valence electrons. The quantitative estimate of drug-likeness (QED) is 0.603. The van der Waals surface area contributed by atoms with Gasteiger partial charge in [0.05, 0.1) is 18.6 Å². The summed E-state index contributed by atoms with van der Waals surface area (Å²) < 4.78 is 0. The molecule has 1 aliphatic heterocycles. The summed E-state index contributed by atoms with van der Waals surface area (Å²) in [6.45, 7) is 2.32. The summed E-state index contributed by atoms with van der Waals surface area (Å²) in [7, 11) is 0. The Kier molecular flexibility index (Phi) is 4.30. The van der Waals surface area contributed by atoms with E-state index < -0.39 is 0 Å². The molecule has 0 aromatic heterocycles. The molecule has 0 spiro atoms. The van der Waals surface area contributed by atoms with E-state index in [2.05, 4.69) is 16.2 Å². The van der Waals surface area contributed by atoms with Gasteiger partial charge >= 0.3 is 0 Å². The third-order valence-electron chi connectivity index (χ3n) is 3.14. The molecule has 5 nitrogen and oxygen atoms in total. The predicted molar refractivity (Wildman–Crippen MR) is 68.5 cm³/mol. The number of aliphatic hydroxyl groups excluding tert-OH is 1. The molecule has 18 heavy (non-hydrogen) atoms. The number of amides is 1. The fourth-order valence-electron chi connectivity index (χ4n) is 2.11. The van der Waals surface area contributed by atoms with Gasteiger partial charge in [-0.15, -0.1) is 0 Å². The second-order valence-corrected chi connectivity index (χ2v) is 4.61. The van der Waals surface area contributed by atoms with Crippen molar-refractivity contribution in [3.63, 3.8) is 0 Å². The fraction of sp³-hybridized carbons (Fsp3) is 0.462. The topological polar surface area (TPSA) is 73.4 Å². The van der Waals surface area contributed by atoms with Crippen LogP contribution in [0.1, 0.15) is 18.5 Å². The summed E-state index contributed by atoms with van der Waals surface area (Å²) in [5.41, 5.74) is 7.22. The minimum atomic E-state index is -0.213. The van der Waals surface area contributed by atoms with E-state index >= 15 is 0 Å². The average Bonchev–Trinajstić information content (AvgIpc) is 2.88. The van der Waals surface area contributed by atoms with E-state index in [-0.39, 0.29) is 30.5 Å². The molecule has 2 rings (SSSR count). The lowest BCUT2D eigenvalue weighted by molar-refractivity contribution is -0.125. The molecule has 4 N–H and O–H groups in total. The van der Waals surface area contributed by atoms with E-state index in [0.29, 0.717) is 6.54 Å². The number of benzene rings is 1. The minimum Gasteiger partial charge on any atom is -0.394 e. The van der Waals surface area contributed by atoms with Gasteiger partial charge in [0, 0.05) is 12.6 Å². The van der Waals surface area contributed by atoms with E-state index in [9.17, 15) is 4.79 Å². The van der Waals surface area contributed by atoms with Crippen molar-refractivity contribution in [2.45, 2.75) is 19.0 Å². The molecule has 1 aliphatic rings. The number of rotatable bonds is 4. The highest BCUT2D eigenvalue weighted by molar-refractivity contribution is 5.80. The molecule has 1 aromatic carbocycles. The molecule has 0 saturated carbocycles. The van der Waals surface area contributed by atoms with Crippen molar-refractivity contribution in [1.82, 2.24) is 16.2 Å². The Hall–Kier alpha value is -1.43. The lowest BCUT2D eigenvalue weighted by Crippen LogP contribution is -2.41. The van der Waals surface area contributed by atoms with Crippen LogP contribution in [0.4, 0.5) is 0 Å². The largest absolute Gasteiger partial charge is 0.394 e. The summed E-state index contributed by atoms with van der Waals surface area (Å²) in [6.07, 6.45) is 0. The van der Waals surface area contributed by atoms with E-state index in [1.807, 2.05) is 30.3 Å². The summed E-state index contributed by atoms with van der Waals surface area (Å²) >= 11 is 0. The lowest BCUT2D eigenvalue weighted by Gasteiger charge is -2.20. The molecule has 0 bridgehead atoms. The fourth-order valence-corrected chi connectivity index (χ4v) is 2.11. The Morgan fingerprint density at radius 2 is 2.22 bits per heavy atom. The Morgan fingerprint density at radius 1 is 1.50 bits per heavy atom. The summed E-state index contributed by atoms with van der Waals surface area (Å²) in [6, 6.07) is 9.63. The zero-order valence-corrected chi connectivity index (χ0v) is 10.4. The van der Waals surface area contributed by atoms with Gasteiger partial charge in [-0.1, -0.05) is 30.3 Å². The molecule has 1 saturated heterocycles. The maximum Gasteiger partial charge on any atom is 0.226 e. The molecule has 0 radical (unpaired) electrons. The van der Waals surface area contributed by atoms with Gasteiger partial charge in [-0.3, -0.25) is 10.2 Å². The molecule has 1 heterocycles. The van der Waals surface area contributed by atoms with Gasteiger partial charge in [0.25, 0.3) is 0 Å². The molecule has 0 aliphatic carbocycles. The number of hydrogen-bond acceptors (Lipinski definition) is 4. The van der Waals surface area contributed by atoms with Crippen molar-refractivity contribution < 1.29 is 9.90 Å². The summed E-state index contributed by atoms with van der Waals surface area (Å²) in [5.74, 6) is -0.204. The molecule has 1 fully saturated rings. The van der Waals surface area contributed by atoms with Gasteiger partial charge < -0.3 is 10.4 Å². The van der Waals surface area contributed by atoms with Gasteiger partial charge in [-0.2, -0.15) is 0 Å². The molecule has 3 atom stereocenters. The van der Waals surface area contributed by atoms with E-state index in [4.69, 9.17) is 5.11 Å². The van der Waals surface area contributed by atoms with Gasteiger partial charge in [0.1, 0.15) is 0 Å². The van der Waals surface area contributed by atoms with E-state index in [1.165, 1.54) is 0 Å². The van der Waals surface area contributed by atoms with Crippen LogP contribution in [-0.2, 0) is 4.79 Å². The Bertz CT molecular complexity index is 396. The SMILES string of the molecule is C[C@@H](CO)NC(=O)C1CNNC1c1ccccc1. The van der Waals surface area contributed by atoms with Crippen LogP contribution in [-0.4, -0.2) is 30.2 Å². The second-order valence-electron chi connectivity index (χ2n) is 4.61. The number of hydrogen-bond donors (Lipinski definition) is 4. The zero-order chi connectivity index (χ0) is 13.0. The van der Waals surface area contributed by atoms with Crippen LogP contribution in [0.3, 0.4) is 0 Å². The smallest absolute Gasteiger partial charge is 0.226 e. The Balaban J connectivity index is 2.06. The van der Waals surface area contributed by atoms with Crippen LogP contribution < -0.4 is 16.2 Å². The molecule has 5 heteroatoms. The maximum atomic E-state index is 12.1. The number of carbonyl (C=O) groups excluding carboxylic acids is 1. The Morgan fingerprint density at radius 3 is 2.89 bits per heavy atom. The first-order valence-corrected chi connectivity index (χ1v) is 6.17. The highest BCUT2D eigenvalue weighted by atomic mass is 16.3. The van der Waals surface area contributed by atoms with Crippen molar-refractivity contribution in [3.8, 4) is 0 Å². The lowest BCUT2D eigenvalue weighted by atomic mass is 9.94. The third kappa shape index (κ3) is 2.87. The first-order valence-electron chi connectivity index (χ1n) is 6.17. The van der Waals surface area contributed by atoms with Crippen LogP contribution in [0.5, 0.6) is 0 Å². The zero-order valence-electron chi connectivity index (χ0n) is 10.4. The van der Waals surface area contributed by atoms with Gasteiger partial charge in [0.15, 0.2) is 0 Å². The number of hydrazine groups is 1. The van der Waals surface area contributed by atoms with E-state index in [0.717, 1.165) is 5.56 Å². The van der Waals surface area contributed by atoms with Crippen molar-refractivity contribution in [2.24, 2.45) is 5.92 Å². The number of carbonyl (C=O) groups is 1. The highest BCUT2D eigenvalue weighted by Gasteiger charge is 2.34. The van der Waals surface area contributed by atoms with Crippen LogP contribution in [0.25, 0.3) is 0 Å². The third-order valence-corrected chi connectivity index (χ3v) is 3.14. The molecule has 1 amide bonds. The summed E-state index contributed by atoms with van der Waals surface area (Å²) in [5, 5.41) is 11.8. The minimum absolute atomic E-state index is 0.0305. The number of aliphatic hydroxyl groups is 1. The standard InChI is InChI=1S/C13H19N3O2/c1-9(8-17)15-13(18)11-7-14-16-12(11)10-5-3-2-4-6-10/h2-6,9,11-12,14,16-17H,7-8H2,1H3,(H,15,18)/t9-,11?,12?/m0/s1. The van der Waals surface area contributed by atoms with Crippen LogP contribution in [0.2, 0.25) is 0 Å². The van der Waals surface area contributed by atoms with Crippen LogP contribution in [0, 0.1) is 5.92 Å². The average molecular weight is 249 g/mol. The van der Waals surface area contributed by atoms with Crippen LogP contribution >= 0.6 is 0 Å². The van der Waals surface area contributed by atoms with Gasteiger partial charge in [-0.25, -0.2) is 5.43 Å². The van der Waals surface area contributed by atoms with Crippen molar-refractivity contribution in [3.05, 3.63) is 35.9 Å². The van der Waals surface area contributed by atoms with Crippen molar-refractivity contribution >= 4 is 5.91 Å². The second kappa shape index (κ2) is 5.95.